The molecule has 1 nitrogen and oxygen atoms in total. The fraction of sp³-hybridized carbons (Fsp3) is 0.267. The van der Waals surface area contributed by atoms with Gasteiger partial charge < -0.3 is 0 Å². The molecule has 0 aliphatic carbocycles. The van der Waals surface area contributed by atoms with E-state index in [0.717, 1.165) is 40.0 Å². The van der Waals surface area contributed by atoms with Gasteiger partial charge in [-0.05, 0) is 42.7 Å². The molecule has 3 heteroatoms. The van der Waals surface area contributed by atoms with Gasteiger partial charge >= 0.3 is 0 Å². The van der Waals surface area contributed by atoms with Crippen molar-refractivity contribution < 1.29 is 4.79 Å². The average molecular weight is 281 g/mol. The van der Waals surface area contributed by atoms with Crippen molar-refractivity contribution in [2.75, 3.05) is 0 Å². The smallest absolute Gasteiger partial charge is 0.160 e. The van der Waals surface area contributed by atoms with E-state index in [1.165, 1.54) is 11.3 Å². The number of carbonyl (C=O) groups excluding carboxylic acids is 1. The average Bonchev–Trinajstić information content (AvgIpc) is 2.66. The lowest BCUT2D eigenvalue weighted by atomic mass is 10.1. The first-order valence-corrected chi connectivity index (χ1v) is 7.02. The number of aldehydes is 1. The second kappa shape index (κ2) is 7.34. The Kier molecular flexibility index (Phi) is 6.10. The molecule has 0 saturated heterocycles. The summed E-state index contributed by atoms with van der Waals surface area (Å²) < 4.78 is 0. The third-order valence-electron chi connectivity index (χ3n) is 2.37. The summed E-state index contributed by atoms with van der Waals surface area (Å²) in [5, 5.41) is 0.686. The fourth-order valence-electron chi connectivity index (χ4n) is 1.52. The van der Waals surface area contributed by atoms with E-state index in [2.05, 4.69) is 13.5 Å². The van der Waals surface area contributed by atoms with Crippen LogP contribution in [-0.4, -0.2) is 6.29 Å². The predicted octanol–water partition coefficient (Wildman–Crippen LogP) is 5.06. The lowest BCUT2D eigenvalue weighted by molar-refractivity contribution is 0.112. The first-order chi connectivity index (χ1) is 8.56. The van der Waals surface area contributed by atoms with E-state index in [-0.39, 0.29) is 0 Å². The number of thiophene rings is 1. The topological polar surface area (TPSA) is 17.1 Å². The standard InChI is InChI=1S/C15H17ClOS/c1-4-5-6-13(16)7-11(2)8-14-9-12(3)15(10-17)18-14/h5-7,9-10H,2,4,8H2,1,3H3/b6-5-,13-7+. The van der Waals surface area contributed by atoms with Crippen LogP contribution in [0.3, 0.4) is 0 Å². The summed E-state index contributed by atoms with van der Waals surface area (Å²) in [6.45, 7) is 7.99. The molecule has 0 unspecified atom stereocenters. The molecular formula is C15H17ClOS. The van der Waals surface area contributed by atoms with Gasteiger partial charge in [0.2, 0.25) is 0 Å². The van der Waals surface area contributed by atoms with Crippen molar-refractivity contribution in [1.29, 1.82) is 0 Å². The minimum absolute atomic E-state index is 0.686. The first-order valence-electron chi connectivity index (χ1n) is 5.82. The Morgan fingerprint density at radius 2 is 2.28 bits per heavy atom. The number of carbonyl (C=O) groups is 1. The van der Waals surface area contributed by atoms with Gasteiger partial charge in [0.05, 0.1) is 4.88 Å². The maximum atomic E-state index is 10.8. The highest BCUT2D eigenvalue weighted by Gasteiger charge is 2.05. The monoisotopic (exact) mass is 280 g/mol. The zero-order valence-corrected chi connectivity index (χ0v) is 12.3. The van der Waals surface area contributed by atoms with Crippen LogP contribution >= 0.6 is 22.9 Å². The molecule has 0 N–H and O–H groups in total. The molecule has 0 aromatic carbocycles. The van der Waals surface area contributed by atoms with E-state index in [9.17, 15) is 4.79 Å². The van der Waals surface area contributed by atoms with Crippen LogP contribution < -0.4 is 0 Å². The molecule has 0 atom stereocenters. The van der Waals surface area contributed by atoms with Gasteiger partial charge in [0.1, 0.15) is 0 Å². The molecule has 1 aromatic heterocycles. The van der Waals surface area contributed by atoms with Crippen LogP contribution in [0.4, 0.5) is 0 Å². The molecule has 0 aliphatic rings. The number of rotatable bonds is 6. The molecule has 0 saturated carbocycles. The summed E-state index contributed by atoms with van der Waals surface area (Å²) in [6.07, 6.45) is 8.34. The van der Waals surface area contributed by atoms with Gasteiger partial charge in [-0.15, -0.1) is 11.3 Å². The molecule has 0 amide bonds. The van der Waals surface area contributed by atoms with Gasteiger partial charge in [0.25, 0.3) is 0 Å². The lowest BCUT2D eigenvalue weighted by Gasteiger charge is -1.97. The molecule has 18 heavy (non-hydrogen) atoms. The van der Waals surface area contributed by atoms with Crippen LogP contribution in [0, 0.1) is 6.92 Å². The normalized spacial score (nSPS) is 12.1. The molecule has 1 rings (SSSR count). The number of halogens is 1. The van der Waals surface area contributed by atoms with Gasteiger partial charge in [-0.1, -0.05) is 31.2 Å². The Balaban J connectivity index is 2.69. The highest BCUT2D eigenvalue weighted by molar-refractivity contribution is 7.13. The van der Waals surface area contributed by atoms with Crippen LogP contribution in [0.15, 0.2) is 41.5 Å². The van der Waals surface area contributed by atoms with E-state index >= 15 is 0 Å². The largest absolute Gasteiger partial charge is 0.297 e. The van der Waals surface area contributed by atoms with E-state index in [4.69, 9.17) is 11.6 Å². The molecule has 0 bridgehead atoms. The summed E-state index contributed by atoms with van der Waals surface area (Å²) in [7, 11) is 0. The number of hydrogen-bond donors (Lipinski definition) is 0. The zero-order chi connectivity index (χ0) is 13.5. The summed E-state index contributed by atoms with van der Waals surface area (Å²) in [5.41, 5.74) is 1.97. The fourth-order valence-corrected chi connectivity index (χ4v) is 2.80. The zero-order valence-electron chi connectivity index (χ0n) is 10.7. The van der Waals surface area contributed by atoms with Crippen molar-refractivity contribution in [3.63, 3.8) is 0 Å². The number of hydrogen-bond acceptors (Lipinski definition) is 2. The quantitative estimate of drug-likeness (QED) is 0.526. The van der Waals surface area contributed by atoms with E-state index in [1.807, 2.05) is 31.2 Å². The van der Waals surface area contributed by atoms with Crippen LogP contribution in [0.5, 0.6) is 0 Å². The van der Waals surface area contributed by atoms with Gasteiger partial charge in [-0.2, -0.15) is 0 Å². The molecule has 0 radical (unpaired) electrons. The van der Waals surface area contributed by atoms with Crippen molar-refractivity contribution >= 4 is 29.2 Å². The minimum atomic E-state index is 0.686. The van der Waals surface area contributed by atoms with Crippen molar-refractivity contribution in [2.24, 2.45) is 0 Å². The predicted molar refractivity (Wildman–Crippen MR) is 80.7 cm³/mol. The Morgan fingerprint density at radius 3 is 2.83 bits per heavy atom. The first kappa shape index (κ1) is 14.9. The second-order valence-electron chi connectivity index (χ2n) is 4.05. The highest BCUT2D eigenvalue weighted by Crippen LogP contribution is 2.23. The number of allylic oxidation sites excluding steroid dienone is 5. The van der Waals surface area contributed by atoms with Crippen LogP contribution in [0.1, 0.15) is 33.5 Å². The van der Waals surface area contributed by atoms with Crippen molar-refractivity contribution in [1.82, 2.24) is 0 Å². The lowest BCUT2D eigenvalue weighted by Crippen LogP contribution is -1.82. The summed E-state index contributed by atoms with van der Waals surface area (Å²) in [4.78, 5) is 12.7. The molecule has 1 heterocycles. The van der Waals surface area contributed by atoms with Crippen molar-refractivity contribution in [2.45, 2.75) is 26.7 Å². The van der Waals surface area contributed by atoms with Crippen molar-refractivity contribution in [3.8, 4) is 0 Å². The van der Waals surface area contributed by atoms with E-state index in [1.54, 1.807) is 0 Å². The Labute approximate surface area is 117 Å². The Morgan fingerprint density at radius 1 is 1.56 bits per heavy atom. The summed E-state index contributed by atoms with van der Waals surface area (Å²) in [6, 6.07) is 2.03. The molecule has 1 aromatic rings. The molecule has 96 valence electrons. The van der Waals surface area contributed by atoms with Gasteiger partial charge in [-0.25, -0.2) is 0 Å². The number of aryl methyl sites for hydroxylation is 1. The second-order valence-corrected chi connectivity index (χ2v) is 5.66. The highest BCUT2D eigenvalue weighted by atomic mass is 35.5. The Hall–Kier alpha value is -1.12. The Bertz CT molecular complexity index is 495. The van der Waals surface area contributed by atoms with Gasteiger partial charge in [-0.3, -0.25) is 4.79 Å². The molecular weight excluding hydrogens is 264 g/mol. The van der Waals surface area contributed by atoms with E-state index in [0.29, 0.717) is 5.03 Å². The molecule has 0 fully saturated rings. The maximum absolute atomic E-state index is 10.8. The maximum Gasteiger partial charge on any atom is 0.160 e. The van der Waals surface area contributed by atoms with Crippen LogP contribution in [0.25, 0.3) is 0 Å². The van der Waals surface area contributed by atoms with Gasteiger partial charge in [0.15, 0.2) is 6.29 Å². The minimum Gasteiger partial charge on any atom is -0.297 e. The van der Waals surface area contributed by atoms with Gasteiger partial charge in [0, 0.05) is 16.3 Å². The van der Waals surface area contributed by atoms with Crippen LogP contribution in [0.2, 0.25) is 0 Å². The van der Waals surface area contributed by atoms with E-state index < -0.39 is 0 Å². The van der Waals surface area contributed by atoms with Crippen LogP contribution in [-0.2, 0) is 6.42 Å². The van der Waals surface area contributed by atoms with Crippen molar-refractivity contribution in [3.05, 3.63) is 56.8 Å². The summed E-state index contributed by atoms with van der Waals surface area (Å²) >= 11 is 7.56. The summed E-state index contributed by atoms with van der Waals surface area (Å²) in [5.74, 6) is 0. The third-order valence-corrected chi connectivity index (χ3v) is 3.77. The molecule has 0 aliphatic heterocycles. The third kappa shape index (κ3) is 4.63. The SMILES string of the molecule is C=C(/C=C(Cl)\C=C/CC)Cc1cc(C)c(C=O)s1. The molecule has 0 spiro atoms.